The molecule has 1 saturated carbocycles. The van der Waals surface area contributed by atoms with E-state index in [-0.39, 0.29) is 5.91 Å². The van der Waals surface area contributed by atoms with Crippen LogP contribution in [0.15, 0.2) is 24.3 Å². The lowest BCUT2D eigenvalue weighted by atomic mass is 9.85. The summed E-state index contributed by atoms with van der Waals surface area (Å²) in [6.07, 6.45) is 2.97. The largest absolute Gasteiger partial charge is 0.377 e. The van der Waals surface area contributed by atoms with Crippen LogP contribution in [0.3, 0.4) is 0 Å². The minimum absolute atomic E-state index is 0.180. The zero-order valence-corrected chi connectivity index (χ0v) is 13.1. The first-order valence-corrected chi connectivity index (χ1v) is 7.58. The molecule has 0 saturated heterocycles. The molecule has 3 nitrogen and oxygen atoms in total. The zero-order chi connectivity index (χ0) is 15.5. The van der Waals surface area contributed by atoms with E-state index in [0.717, 1.165) is 12.8 Å². The normalized spacial score (nSPS) is 18.1. The van der Waals surface area contributed by atoms with E-state index in [2.05, 4.69) is 17.2 Å². The SMILES string of the molecule is CCCC#CC(C)(O)C1(C(=O)Nc2ccc(Cl)cc2)CC1. The summed E-state index contributed by atoms with van der Waals surface area (Å²) in [6.45, 7) is 3.66. The minimum Gasteiger partial charge on any atom is -0.377 e. The van der Waals surface area contributed by atoms with Crippen molar-refractivity contribution in [1.82, 2.24) is 0 Å². The summed E-state index contributed by atoms with van der Waals surface area (Å²) in [4.78, 5) is 12.5. The molecular weight excluding hydrogens is 286 g/mol. The molecule has 1 fully saturated rings. The highest BCUT2D eigenvalue weighted by Gasteiger charge is 2.61. The molecule has 1 unspecified atom stereocenters. The number of hydrogen-bond donors (Lipinski definition) is 2. The molecule has 1 aliphatic rings. The summed E-state index contributed by atoms with van der Waals surface area (Å²) in [6, 6.07) is 6.92. The monoisotopic (exact) mass is 305 g/mol. The van der Waals surface area contributed by atoms with Crippen LogP contribution in [0.4, 0.5) is 5.69 Å². The molecule has 1 amide bonds. The number of benzene rings is 1. The third kappa shape index (κ3) is 3.40. The van der Waals surface area contributed by atoms with E-state index in [9.17, 15) is 9.90 Å². The number of carbonyl (C=O) groups excluding carboxylic acids is 1. The van der Waals surface area contributed by atoms with Crippen molar-refractivity contribution in [3.63, 3.8) is 0 Å². The van der Waals surface area contributed by atoms with Gasteiger partial charge in [-0.1, -0.05) is 24.4 Å². The van der Waals surface area contributed by atoms with Crippen LogP contribution < -0.4 is 5.32 Å². The maximum absolute atomic E-state index is 12.5. The van der Waals surface area contributed by atoms with E-state index >= 15 is 0 Å². The lowest BCUT2D eigenvalue weighted by molar-refractivity contribution is -0.127. The molecule has 1 atom stereocenters. The molecule has 1 aromatic rings. The third-order valence-corrected chi connectivity index (χ3v) is 4.18. The van der Waals surface area contributed by atoms with Crippen molar-refractivity contribution in [2.24, 2.45) is 5.41 Å². The summed E-state index contributed by atoms with van der Waals surface area (Å²) < 4.78 is 0. The molecule has 4 heteroatoms. The lowest BCUT2D eigenvalue weighted by Gasteiger charge is -2.27. The van der Waals surface area contributed by atoms with E-state index in [1.807, 2.05) is 6.92 Å². The van der Waals surface area contributed by atoms with E-state index in [1.54, 1.807) is 31.2 Å². The Morgan fingerprint density at radius 2 is 2.05 bits per heavy atom. The Labute approximate surface area is 130 Å². The molecule has 112 valence electrons. The summed E-state index contributed by atoms with van der Waals surface area (Å²) in [5, 5.41) is 14.0. The van der Waals surface area contributed by atoms with Gasteiger partial charge in [0.2, 0.25) is 5.91 Å². The van der Waals surface area contributed by atoms with Crippen molar-refractivity contribution in [3.05, 3.63) is 29.3 Å². The second-order valence-electron chi connectivity index (χ2n) is 5.67. The fraction of sp³-hybridized carbons (Fsp3) is 0.471. The number of aliphatic hydroxyl groups is 1. The zero-order valence-electron chi connectivity index (χ0n) is 12.4. The molecule has 0 spiro atoms. The number of carbonyl (C=O) groups is 1. The van der Waals surface area contributed by atoms with E-state index < -0.39 is 11.0 Å². The summed E-state index contributed by atoms with van der Waals surface area (Å²) in [5.41, 5.74) is -1.42. The Kier molecular flexibility index (Phi) is 4.61. The Hall–Kier alpha value is -1.50. The van der Waals surface area contributed by atoms with Crippen molar-refractivity contribution in [2.75, 3.05) is 5.32 Å². The molecule has 2 N–H and O–H groups in total. The van der Waals surface area contributed by atoms with Crippen molar-refractivity contribution in [3.8, 4) is 11.8 Å². The lowest BCUT2D eigenvalue weighted by Crippen LogP contribution is -2.43. The van der Waals surface area contributed by atoms with Crippen LogP contribution in [0, 0.1) is 17.3 Å². The van der Waals surface area contributed by atoms with Crippen molar-refractivity contribution in [1.29, 1.82) is 0 Å². The van der Waals surface area contributed by atoms with Gasteiger partial charge >= 0.3 is 0 Å². The number of nitrogens with one attached hydrogen (secondary N) is 1. The number of rotatable bonds is 4. The number of unbranched alkanes of at least 4 members (excludes halogenated alkanes) is 1. The average molecular weight is 306 g/mol. The van der Waals surface area contributed by atoms with Crippen LogP contribution in [0.25, 0.3) is 0 Å². The molecule has 1 aromatic carbocycles. The summed E-state index contributed by atoms with van der Waals surface area (Å²) in [5.74, 6) is 5.63. The first kappa shape index (κ1) is 15.9. The fourth-order valence-electron chi connectivity index (χ4n) is 2.32. The van der Waals surface area contributed by atoms with Crippen LogP contribution >= 0.6 is 11.6 Å². The highest BCUT2D eigenvalue weighted by Crippen LogP contribution is 2.54. The van der Waals surface area contributed by atoms with Gasteiger partial charge in [0.1, 0.15) is 5.60 Å². The first-order chi connectivity index (χ1) is 9.91. The van der Waals surface area contributed by atoms with Crippen molar-refractivity contribution >= 4 is 23.2 Å². The molecule has 0 heterocycles. The molecule has 0 aliphatic heterocycles. The predicted octanol–water partition coefficient (Wildman–Crippen LogP) is 3.61. The molecule has 21 heavy (non-hydrogen) atoms. The topological polar surface area (TPSA) is 49.3 Å². The van der Waals surface area contributed by atoms with Gasteiger partial charge in [-0.05, 0) is 50.5 Å². The van der Waals surface area contributed by atoms with Gasteiger partial charge in [0.25, 0.3) is 0 Å². The van der Waals surface area contributed by atoms with E-state index in [4.69, 9.17) is 11.6 Å². The maximum atomic E-state index is 12.5. The summed E-state index contributed by atoms with van der Waals surface area (Å²) in [7, 11) is 0. The number of halogens is 1. The minimum atomic E-state index is -1.29. The highest BCUT2D eigenvalue weighted by molar-refractivity contribution is 6.30. The Morgan fingerprint density at radius 1 is 1.43 bits per heavy atom. The predicted molar refractivity (Wildman–Crippen MR) is 85.1 cm³/mol. The second kappa shape index (κ2) is 6.09. The van der Waals surface area contributed by atoms with Gasteiger partial charge < -0.3 is 10.4 Å². The molecule has 1 aliphatic carbocycles. The molecule has 0 bridgehead atoms. The Balaban J connectivity index is 2.11. The number of anilines is 1. The van der Waals surface area contributed by atoms with Crippen LogP contribution in [-0.2, 0) is 4.79 Å². The maximum Gasteiger partial charge on any atom is 0.234 e. The van der Waals surface area contributed by atoms with Crippen molar-refractivity contribution < 1.29 is 9.90 Å². The van der Waals surface area contributed by atoms with Gasteiger partial charge in [0, 0.05) is 17.1 Å². The van der Waals surface area contributed by atoms with Gasteiger partial charge in [0.15, 0.2) is 0 Å². The second-order valence-corrected chi connectivity index (χ2v) is 6.10. The van der Waals surface area contributed by atoms with E-state index in [0.29, 0.717) is 23.6 Å². The van der Waals surface area contributed by atoms with E-state index in [1.165, 1.54) is 0 Å². The molecule has 0 aromatic heterocycles. The van der Waals surface area contributed by atoms with Crippen LogP contribution in [-0.4, -0.2) is 16.6 Å². The third-order valence-electron chi connectivity index (χ3n) is 3.93. The van der Waals surface area contributed by atoms with Gasteiger partial charge in [-0.2, -0.15) is 0 Å². The van der Waals surface area contributed by atoms with Gasteiger partial charge in [-0.25, -0.2) is 0 Å². The van der Waals surface area contributed by atoms with Crippen LogP contribution in [0.2, 0.25) is 5.02 Å². The highest BCUT2D eigenvalue weighted by atomic mass is 35.5. The Morgan fingerprint density at radius 3 is 2.57 bits per heavy atom. The van der Waals surface area contributed by atoms with Gasteiger partial charge in [-0.3, -0.25) is 4.79 Å². The number of amides is 1. The van der Waals surface area contributed by atoms with Gasteiger partial charge in [-0.15, -0.1) is 5.92 Å². The Bertz CT molecular complexity index is 577. The fourth-order valence-corrected chi connectivity index (χ4v) is 2.45. The first-order valence-electron chi connectivity index (χ1n) is 7.21. The standard InChI is InChI=1S/C17H20ClNO2/c1-3-4-5-10-16(2,21)17(11-12-17)15(20)19-14-8-6-13(18)7-9-14/h6-9,21H,3-4,11-12H2,1-2H3,(H,19,20). The average Bonchev–Trinajstić information content (AvgIpc) is 3.23. The quantitative estimate of drug-likeness (QED) is 0.835. The number of hydrogen-bond acceptors (Lipinski definition) is 2. The molecule has 0 radical (unpaired) electrons. The van der Waals surface area contributed by atoms with Crippen molar-refractivity contribution in [2.45, 2.75) is 45.1 Å². The van der Waals surface area contributed by atoms with Gasteiger partial charge in [0.05, 0.1) is 5.41 Å². The summed E-state index contributed by atoms with van der Waals surface area (Å²) >= 11 is 5.82. The molecular formula is C17H20ClNO2. The van der Waals surface area contributed by atoms with Crippen LogP contribution in [0.1, 0.15) is 39.5 Å². The smallest absolute Gasteiger partial charge is 0.234 e. The molecule has 2 rings (SSSR count). The van der Waals surface area contributed by atoms with Crippen LogP contribution in [0.5, 0.6) is 0 Å².